The molecule has 0 amide bonds. The lowest BCUT2D eigenvalue weighted by Gasteiger charge is -2.05. The van der Waals surface area contributed by atoms with Gasteiger partial charge in [-0.15, -0.1) is 0 Å². The number of thiophene rings is 1. The van der Waals surface area contributed by atoms with Gasteiger partial charge in [0, 0.05) is 34.5 Å². The van der Waals surface area contributed by atoms with Crippen LogP contribution in [0.2, 0.25) is 0 Å². The Morgan fingerprint density at radius 2 is 2.05 bits per heavy atom. The van der Waals surface area contributed by atoms with E-state index in [4.69, 9.17) is 0 Å². The van der Waals surface area contributed by atoms with Crippen molar-refractivity contribution in [3.05, 3.63) is 59.3 Å². The maximum atomic E-state index is 13.6. The predicted molar refractivity (Wildman–Crippen MR) is 86.5 cm³/mol. The SMILES string of the molecule is Oc1c(F)cccc1-c1c[nH]c2ncc(-c3ccsc3)cc12. The Morgan fingerprint density at radius 1 is 1.14 bits per heavy atom. The number of rotatable bonds is 2. The quantitative estimate of drug-likeness (QED) is 0.558. The summed E-state index contributed by atoms with van der Waals surface area (Å²) >= 11 is 1.62. The highest BCUT2D eigenvalue weighted by atomic mass is 32.1. The van der Waals surface area contributed by atoms with Gasteiger partial charge in [0.15, 0.2) is 11.6 Å². The molecule has 0 saturated carbocycles. The highest BCUT2D eigenvalue weighted by molar-refractivity contribution is 7.08. The zero-order valence-electron chi connectivity index (χ0n) is 11.4. The molecule has 22 heavy (non-hydrogen) atoms. The van der Waals surface area contributed by atoms with Crippen molar-refractivity contribution in [1.29, 1.82) is 0 Å². The number of aromatic nitrogens is 2. The van der Waals surface area contributed by atoms with Crippen molar-refractivity contribution in [2.75, 3.05) is 0 Å². The molecule has 0 unspecified atom stereocenters. The average molecular weight is 310 g/mol. The number of nitrogens with zero attached hydrogens (tertiary/aromatic N) is 1. The summed E-state index contributed by atoms with van der Waals surface area (Å²) in [6.07, 6.45) is 3.54. The summed E-state index contributed by atoms with van der Waals surface area (Å²) in [4.78, 5) is 7.47. The van der Waals surface area contributed by atoms with Crippen LogP contribution in [-0.2, 0) is 0 Å². The number of nitrogens with one attached hydrogen (secondary N) is 1. The number of phenolic OH excluding ortho intramolecular Hbond substituents is 1. The van der Waals surface area contributed by atoms with Crippen LogP contribution >= 0.6 is 11.3 Å². The van der Waals surface area contributed by atoms with Gasteiger partial charge in [-0.3, -0.25) is 0 Å². The average Bonchev–Trinajstić information content (AvgIpc) is 3.18. The van der Waals surface area contributed by atoms with Crippen LogP contribution in [0.5, 0.6) is 5.75 Å². The molecule has 5 heteroatoms. The van der Waals surface area contributed by atoms with Crippen LogP contribution in [0.1, 0.15) is 0 Å². The molecule has 0 aliphatic carbocycles. The number of benzene rings is 1. The second kappa shape index (κ2) is 4.96. The Labute approximate surface area is 129 Å². The van der Waals surface area contributed by atoms with Crippen LogP contribution in [0, 0.1) is 5.82 Å². The van der Waals surface area contributed by atoms with E-state index in [0.717, 1.165) is 22.1 Å². The minimum absolute atomic E-state index is 0.343. The molecule has 3 aromatic heterocycles. The van der Waals surface area contributed by atoms with E-state index in [-0.39, 0.29) is 5.75 Å². The van der Waals surface area contributed by atoms with E-state index in [1.54, 1.807) is 35.9 Å². The number of phenols is 1. The molecule has 0 saturated heterocycles. The van der Waals surface area contributed by atoms with Crippen LogP contribution in [0.15, 0.2) is 53.5 Å². The van der Waals surface area contributed by atoms with Gasteiger partial charge in [-0.2, -0.15) is 11.3 Å². The third-order valence-electron chi connectivity index (χ3n) is 3.66. The van der Waals surface area contributed by atoms with Crippen molar-refractivity contribution in [3.8, 4) is 28.0 Å². The molecule has 1 aromatic carbocycles. The van der Waals surface area contributed by atoms with Crippen LogP contribution < -0.4 is 0 Å². The number of H-pyrrole nitrogens is 1. The lowest BCUT2D eigenvalue weighted by Crippen LogP contribution is -1.83. The summed E-state index contributed by atoms with van der Waals surface area (Å²) in [5.74, 6) is -0.974. The topological polar surface area (TPSA) is 48.9 Å². The fourth-order valence-electron chi connectivity index (χ4n) is 2.55. The lowest BCUT2D eigenvalue weighted by molar-refractivity contribution is 0.434. The van der Waals surface area contributed by atoms with Crippen LogP contribution in [0.3, 0.4) is 0 Å². The first-order valence-electron chi connectivity index (χ1n) is 6.71. The number of aromatic hydroxyl groups is 1. The number of para-hydroxylation sites is 1. The van der Waals surface area contributed by atoms with Gasteiger partial charge >= 0.3 is 0 Å². The molecular weight excluding hydrogens is 299 g/mol. The normalized spacial score (nSPS) is 11.1. The van der Waals surface area contributed by atoms with E-state index >= 15 is 0 Å². The van der Waals surface area contributed by atoms with Gasteiger partial charge in [0.25, 0.3) is 0 Å². The van der Waals surface area contributed by atoms with E-state index < -0.39 is 5.82 Å². The third-order valence-corrected chi connectivity index (χ3v) is 4.35. The lowest BCUT2D eigenvalue weighted by atomic mass is 10.0. The van der Waals surface area contributed by atoms with Crippen molar-refractivity contribution < 1.29 is 9.50 Å². The van der Waals surface area contributed by atoms with Crippen molar-refractivity contribution in [1.82, 2.24) is 9.97 Å². The highest BCUT2D eigenvalue weighted by Crippen LogP contribution is 2.36. The fraction of sp³-hybridized carbons (Fsp3) is 0. The van der Waals surface area contributed by atoms with Crippen LogP contribution in [-0.4, -0.2) is 15.1 Å². The summed E-state index contributed by atoms with van der Waals surface area (Å²) in [5, 5.41) is 14.9. The van der Waals surface area contributed by atoms with E-state index in [9.17, 15) is 9.50 Å². The maximum absolute atomic E-state index is 13.6. The molecule has 0 atom stereocenters. The molecule has 4 rings (SSSR count). The summed E-state index contributed by atoms with van der Waals surface area (Å²) in [6, 6.07) is 8.54. The highest BCUT2D eigenvalue weighted by Gasteiger charge is 2.14. The van der Waals surface area contributed by atoms with Gasteiger partial charge in [0.05, 0.1) is 0 Å². The van der Waals surface area contributed by atoms with Crippen molar-refractivity contribution in [2.24, 2.45) is 0 Å². The molecular formula is C17H11FN2OS. The second-order valence-electron chi connectivity index (χ2n) is 4.97. The molecule has 0 bridgehead atoms. The summed E-state index contributed by atoms with van der Waals surface area (Å²) < 4.78 is 13.6. The number of pyridine rings is 1. The summed E-state index contributed by atoms with van der Waals surface area (Å²) in [6.45, 7) is 0. The zero-order valence-corrected chi connectivity index (χ0v) is 12.2. The van der Waals surface area contributed by atoms with Crippen LogP contribution in [0.25, 0.3) is 33.3 Å². The number of fused-ring (bicyclic) bond motifs is 1. The second-order valence-corrected chi connectivity index (χ2v) is 5.75. The first-order valence-corrected chi connectivity index (χ1v) is 7.66. The minimum Gasteiger partial charge on any atom is -0.504 e. The molecule has 2 N–H and O–H groups in total. The van der Waals surface area contributed by atoms with E-state index in [1.165, 1.54) is 6.07 Å². The van der Waals surface area contributed by atoms with Gasteiger partial charge < -0.3 is 10.1 Å². The van der Waals surface area contributed by atoms with Crippen molar-refractivity contribution in [3.63, 3.8) is 0 Å². The first-order chi connectivity index (χ1) is 10.7. The van der Waals surface area contributed by atoms with E-state index in [0.29, 0.717) is 11.2 Å². The van der Waals surface area contributed by atoms with Crippen molar-refractivity contribution >= 4 is 22.4 Å². The van der Waals surface area contributed by atoms with Gasteiger partial charge in [-0.1, -0.05) is 12.1 Å². The predicted octanol–water partition coefficient (Wildman–Crippen LogP) is 4.80. The molecule has 0 radical (unpaired) electrons. The zero-order chi connectivity index (χ0) is 15.1. The Bertz CT molecular complexity index is 960. The number of halogens is 1. The summed E-state index contributed by atoms with van der Waals surface area (Å²) in [5.41, 5.74) is 3.98. The third kappa shape index (κ3) is 1.98. The van der Waals surface area contributed by atoms with Crippen LogP contribution in [0.4, 0.5) is 4.39 Å². The van der Waals surface area contributed by atoms with Gasteiger partial charge in [0.2, 0.25) is 0 Å². The Hall–Kier alpha value is -2.66. The van der Waals surface area contributed by atoms with Gasteiger partial charge in [0.1, 0.15) is 5.65 Å². The summed E-state index contributed by atoms with van der Waals surface area (Å²) in [7, 11) is 0. The Balaban J connectivity index is 1.95. The molecule has 3 heterocycles. The smallest absolute Gasteiger partial charge is 0.165 e. The molecule has 3 nitrogen and oxygen atoms in total. The minimum atomic E-state index is -0.631. The Morgan fingerprint density at radius 3 is 2.86 bits per heavy atom. The molecule has 108 valence electrons. The van der Waals surface area contributed by atoms with E-state index in [2.05, 4.69) is 15.3 Å². The largest absolute Gasteiger partial charge is 0.504 e. The monoisotopic (exact) mass is 310 g/mol. The fourth-order valence-corrected chi connectivity index (χ4v) is 3.21. The Kier molecular flexibility index (Phi) is 2.94. The van der Waals surface area contributed by atoms with E-state index in [1.807, 2.05) is 17.5 Å². The number of aromatic amines is 1. The van der Waals surface area contributed by atoms with Gasteiger partial charge in [-0.05, 0) is 34.5 Å². The molecule has 0 aliphatic rings. The maximum Gasteiger partial charge on any atom is 0.165 e. The molecule has 0 aliphatic heterocycles. The first kappa shape index (κ1) is 13.0. The molecule has 4 aromatic rings. The van der Waals surface area contributed by atoms with Gasteiger partial charge in [-0.25, -0.2) is 9.37 Å². The molecule has 0 spiro atoms. The van der Waals surface area contributed by atoms with Crippen molar-refractivity contribution in [2.45, 2.75) is 0 Å². The molecule has 0 fully saturated rings. The number of hydrogen-bond acceptors (Lipinski definition) is 3. The number of hydrogen-bond donors (Lipinski definition) is 2. The standard InChI is InChI=1S/C17H11FN2OS/c18-15-3-1-2-12(16(15)21)14-8-20-17-13(14)6-11(7-19-17)10-4-5-22-9-10/h1-9,21H,(H,19,20).